The molecule has 1 aliphatic rings. The fourth-order valence-corrected chi connectivity index (χ4v) is 3.72. The number of hydrogen-bond acceptors (Lipinski definition) is 3. The van der Waals surface area contributed by atoms with Crippen molar-refractivity contribution in [3.63, 3.8) is 0 Å². The Hall–Kier alpha value is -2.82. The first-order chi connectivity index (χ1) is 13.5. The van der Waals surface area contributed by atoms with Gasteiger partial charge in [0.15, 0.2) is 0 Å². The number of ether oxygens (including phenoxy) is 1. The largest absolute Gasteiger partial charge is 0.496 e. The Labute approximate surface area is 166 Å². The minimum Gasteiger partial charge on any atom is -0.496 e. The van der Waals surface area contributed by atoms with Crippen molar-refractivity contribution in [3.05, 3.63) is 59.2 Å². The second kappa shape index (κ2) is 8.91. The number of amides is 2. The molecule has 2 amide bonds. The summed E-state index contributed by atoms with van der Waals surface area (Å²) in [5.74, 6) is 0.657. The van der Waals surface area contributed by atoms with Crippen molar-refractivity contribution in [2.45, 2.75) is 45.6 Å². The van der Waals surface area contributed by atoms with Gasteiger partial charge in [0.25, 0.3) is 5.91 Å². The van der Waals surface area contributed by atoms with E-state index in [0.29, 0.717) is 11.3 Å². The lowest BCUT2D eigenvalue weighted by molar-refractivity contribution is -0.115. The van der Waals surface area contributed by atoms with Crippen LogP contribution in [0.15, 0.2) is 42.5 Å². The monoisotopic (exact) mass is 380 g/mol. The highest BCUT2D eigenvalue weighted by molar-refractivity contribution is 5.97. The van der Waals surface area contributed by atoms with Gasteiger partial charge in [0.05, 0.1) is 13.5 Å². The van der Waals surface area contributed by atoms with Gasteiger partial charge in [-0.15, -0.1) is 0 Å². The van der Waals surface area contributed by atoms with E-state index in [1.54, 1.807) is 13.2 Å². The Kier molecular flexibility index (Phi) is 6.34. The molecule has 1 heterocycles. The van der Waals surface area contributed by atoms with Crippen LogP contribution in [0.4, 0.5) is 5.69 Å². The predicted octanol–water partition coefficient (Wildman–Crippen LogP) is 4.20. The third kappa shape index (κ3) is 4.53. The number of benzene rings is 2. The van der Waals surface area contributed by atoms with Crippen LogP contribution in [0, 0.1) is 6.92 Å². The van der Waals surface area contributed by atoms with Gasteiger partial charge in [0.2, 0.25) is 5.91 Å². The fraction of sp³-hybridized carbons (Fsp3) is 0.391. The minimum atomic E-state index is -0.115. The lowest BCUT2D eigenvalue weighted by Gasteiger charge is -2.33. The van der Waals surface area contributed by atoms with Gasteiger partial charge in [0, 0.05) is 29.4 Å². The summed E-state index contributed by atoms with van der Waals surface area (Å²) in [5, 5.41) is 2.95. The number of para-hydroxylation sites is 1. The van der Waals surface area contributed by atoms with Crippen LogP contribution in [0.1, 0.15) is 47.7 Å². The summed E-state index contributed by atoms with van der Waals surface area (Å²) >= 11 is 0. The Bertz CT molecular complexity index is 863. The van der Waals surface area contributed by atoms with Crippen LogP contribution in [0.25, 0.3) is 0 Å². The molecule has 5 nitrogen and oxygen atoms in total. The normalized spacial score (nSPS) is 16.5. The average Bonchev–Trinajstić information content (AvgIpc) is 2.70. The van der Waals surface area contributed by atoms with Crippen molar-refractivity contribution in [3.8, 4) is 5.75 Å². The first kappa shape index (κ1) is 19.9. The fourth-order valence-electron chi connectivity index (χ4n) is 3.72. The number of methoxy groups -OCH3 is 1. The molecule has 2 aromatic rings. The summed E-state index contributed by atoms with van der Waals surface area (Å²) in [6, 6.07) is 13.3. The van der Waals surface area contributed by atoms with Crippen molar-refractivity contribution < 1.29 is 14.3 Å². The first-order valence-corrected chi connectivity index (χ1v) is 9.83. The van der Waals surface area contributed by atoms with Gasteiger partial charge < -0.3 is 15.0 Å². The Morgan fingerprint density at radius 1 is 1.18 bits per heavy atom. The van der Waals surface area contributed by atoms with Crippen molar-refractivity contribution in [1.82, 2.24) is 4.90 Å². The van der Waals surface area contributed by atoms with E-state index in [-0.39, 0.29) is 24.3 Å². The van der Waals surface area contributed by atoms with Crippen LogP contribution in [0.5, 0.6) is 5.75 Å². The third-order valence-corrected chi connectivity index (χ3v) is 5.35. The molecule has 28 heavy (non-hydrogen) atoms. The van der Waals surface area contributed by atoms with Crippen LogP contribution in [-0.4, -0.2) is 36.4 Å². The standard InChI is InChI=1S/C23H28N2O3/c1-16-14-19(23(27)25-13-7-6-8-17(25)2)11-12-20(16)24-22(26)15-18-9-4-5-10-21(18)28-3/h4-5,9-12,14,17H,6-8,13,15H2,1-3H3,(H,24,26). The summed E-state index contributed by atoms with van der Waals surface area (Å²) in [4.78, 5) is 27.3. The highest BCUT2D eigenvalue weighted by Crippen LogP contribution is 2.23. The van der Waals surface area contributed by atoms with Gasteiger partial charge in [-0.05, 0) is 62.9 Å². The molecule has 1 fully saturated rings. The molecule has 5 heteroatoms. The second-order valence-electron chi connectivity index (χ2n) is 7.41. The van der Waals surface area contributed by atoms with Crippen LogP contribution in [0.3, 0.4) is 0 Å². The van der Waals surface area contributed by atoms with Crippen molar-refractivity contribution in [2.75, 3.05) is 19.0 Å². The molecule has 0 saturated carbocycles. The number of carbonyl (C=O) groups excluding carboxylic acids is 2. The maximum absolute atomic E-state index is 12.8. The van der Waals surface area contributed by atoms with E-state index in [2.05, 4.69) is 12.2 Å². The smallest absolute Gasteiger partial charge is 0.254 e. The summed E-state index contributed by atoms with van der Waals surface area (Å²) in [7, 11) is 1.60. The molecule has 3 rings (SSSR count). The van der Waals surface area contributed by atoms with E-state index in [1.165, 1.54) is 6.42 Å². The van der Waals surface area contributed by atoms with E-state index < -0.39 is 0 Å². The topological polar surface area (TPSA) is 58.6 Å². The molecule has 1 aliphatic heterocycles. The second-order valence-corrected chi connectivity index (χ2v) is 7.41. The molecular formula is C23H28N2O3. The van der Waals surface area contributed by atoms with Crippen molar-refractivity contribution in [1.29, 1.82) is 0 Å². The minimum absolute atomic E-state index is 0.0715. The number of likely N-dealkylation sites (tertiary alicyclic amines) is 1. The van der Waals surface area contributed by atoms with Crippen LogP contribution in [0.2, 0.25) is 0 Å². The van der Waals surface area contributed by atoms with Gasteiger partial charge in [-0.1, -0.05) is 18.2 Å². The molecule has 0 radical (unpaired) electrons. The maximum Gasteiger partial charge on any atom is 0.254 e. The molecule has 1 N–H and O–H groups in total. The molecular weight excluding hydrogens is 352 g/mol. The number of carbonyl (C=O) groups is 2. The molecule has 0 aromatic heterocycles. The lowest BCUT2D eigenvalue weighted by Crippen LogP contribution is -2.42. The quantitative estimate of drug-likeness (QED) is 0.846. The number of rotatable bonds is 5. The Morgan fingerprint density at radius 2 is 1.96 bits per heavy atom. The van der Waals surface area contributed by atoms with Crippen molar-refractivity contribution >= 4 is 17.5 Å². The van der Waals surface area contributed by atoms with Gasteiger partial charge >= 0.3 is 0 Å². The molecule has 1 unspecified atom stereocenters. The van der Waals surface area contributed by atoms with Gasteiger partial charge in [0.1, 0.15) is 5.75 Å². The Balaban J connectivity index is 1.68. The molecule has 0 spiro atoms. The molecule has 2 aromatic carbocycles. The molecule has 1 saturated heterocycles. The zero-order chi connectivity index (χ0) is 20.1. The van der Waals surface area contributed by atoms with E-state index in [1.807, 2.05) is 48.2 Å². The zero-order valence-electron chi connectivity index (χ0n) is 16.8. The van der Waals surface area contributed by atoms with Gasteiger partial charge in [-0.2, -0.15) is 0 Å². The van der Waals surface area contributed by atoms with Crippen LogP contribution < -0.4 is 10.1 Å². The number of piperidine rings is 1. The summed E-state index contributed by atoms with van der Waals surface area (Å²) in [5.41, 5.74) is 3.12. The van der Waals surface area contributed by atoms with E-state index >= 15 is 0 Å². The van der Waals surface area contributed by atoms with E-state index in [9.17, 15) is 9.59 Å². The van der Waals surface area contributed by atoms with E-state index in [0.717, 1.165) is 36.2 Å². The third-order valence-electron chi connectivity index (χ3n) is 5.35. The van der Waals surface area contributed by atoms with E-state index in [4.69, 9.17) is 4.74 Å². The van der Waals surface area contributed by atoms with Gasteiger partial charge in [-0.3, -0.25) is 9.59 Å². The summed E-state index contributed by atoms with van der Waals surface area (Å²) in [6.07, 6.45) is 3.53. The highest BCUT2D eigenvalue weighted by Gasteiger charge is 2.24. The summed E-state index contributed by atoms with van der Waals surface area (Å²) < 4.78 is 5.31. The number of aryl methyl sites for hydroxylation is 1. The van der Waals surface area contributed by atoms with Crippen molar-refractivity contribution in [2.24, 2.45) is 0 Å². The Morgan fingerprint density at radius 3 is 2.68 bits per heavy atom. The molecule has 0 aliphatic carbocycles. The zero-order valence-corrected chi connectivity index (χ0v) is 16.8. The van der Waals surface area contributed by atoms with Gasteiger partial charge in [-0.25, -0.2) is 0 Å². The predicted molar refractivity (Wildman–Crippen MR) is 111 cm³/mol. The lowest BCUT2D eigenvalue weighted by atomic mass is 10.0. The molecule has 148 valence electrons. The van der Waals surface area contributed by atoms with Crippen LogP contribution in [-0.2, 0) is 11.2 Å². The molecule has 1 atom stereocenters. The van der Waals surface area contributed by atoms with Crippen LogP contribution >= 0.6 is 0 Å². The number of anilines is 1. The SMILES string of the molecule is COc1ccccc1CC(=O)Nc1ccc(C(=O)N2CCCCC2C)cc1C. The first-order valence-electron chi connectivity index (χ1n) is 9.83. The number of nitrogens with zero attached hydrogens (tertiary/aromatic N) is 1. The highest BCUT2D eigenvalue weighted by atomic mass is 16.5. The maximum atomic E-state index is 12.8. The number of nitrogens with one attached hydrogen (secondary N) is 1. The molecule has 0 bridgehead atoms. The summed E-state index contributed by atoms with van der Waals surface area (Å²) in [6.45, 7) is 4.84. The average molecular weight is 380 g/mol. The number of hydrogen-bond donors (Lipinski definition) is 1.